The highest BCUT2D eigenvalue weighted by Crippen LogP contribution is 2.09. The van der Waals surface area contributed by atoms with Gasteiger partial charge in [-0.1, -0.05) is 17.7 Å². The Morgan fingerprint density at radius 1 is 1.29 bits per heavy atom. The van der Waals surface area contributed by atoms with E-state index in [2.05, 4.69) is 23.3 Å². The fraction of sp³-hybridized carbons (Fsp3) is 0.333. The number of carbonyl (C=O) groups excluding carboxylic acids is 2. The van der Waals surface area contributed by atoms with Crippen molar-refractivity contribution in [3.8, 4) is 0 Å². The molecular formula is C12H16N2O2S. The molecule has 92 valence electrons. The summed E-state index contributed by atoms with van der Waals surface area (Å²) in [5.41, 5.74) is 1.83. The van der Waals surface area contributed by atoms with Crippen molar-refractivity contribution in [1.29, 1.82) is 0 Å². The SMILES string of the molecule is CC(=O)NC(CS)C(=O)Nc1ccc(C)cc1. The zero-order chi connectivity index (χ0) is 12.8. The highest BCUT2D eigenvalue weighted by molar-refractivity contribution is 7.80. The van der Waals surface area contributed by atoms with Gasteiger partial charge in [-0.25, -0.2) is 0 Å². The maximum atomic E-state index is 11.8. The summed E-state index contributed by atoms with van der Waals surface area (Å²) in [7, 11) is 0. The molecule has 0 spiro atoms. The molecule has 17 heavy (non-hydrogen) atoms. The summed E-state index contributed by atoms with van der Waals surface area (Å²) in [6, 6.07) is 6.83. The maximum absolute atomic E-state index is 11.8. The van der Waals surface area contributed by atoms with Crippen molar-refractivity contribution in [2.75, 3.05) is 11.1 Å². The minimum absolute atomic E-state index is 0.247. The van der Waals surface area contributed by atoms with Crippen molar-refractivity contribution in [1.82, 2.24) is 5.32 Å². The Kier molecular flexibility index (Phi) is 5.03. The van der Waals surface area contributed by atoms with Crippen molar-refractivity contribution >= 4 is 30.1 Å². The lowest BCUT2D eigenvalue weighted by Gasteiger charge is -2.15. The first-order chi connectivity index (χ1) is 8.02. The molecule has 0 radical (unpaired) electrons. The normalized spacial score (nSPS) is 11.7. The minimum atomic E-state index is -0.614. The van der Waals surface area contributed by atoms with Gasteiger partial charge in [0.1, 0.15) is 6.04 Å². The number of rotatable bonds is 4. The lowest BCUT2D eigenvalue weighted by Crippen LogP contribution is -2.44. The zero-order valence-corrected chi connectivity index (χ0v) is 10.8. The van der Waals surface area contributed by atoms with Crippen molar-refractivity contribution < 1.29 is 9.59 Å². The van der Waals surface area contributed by atoms with Crippen molar-refractivity contribution in [3.63, 3.8) is 0 Å². The topological polar surface area (TPSA) is 58.2 Å². The second kappa shape index (κ2) is 6.30. The van der Waals surface area contributed by atoms with Crippen LogP contribution >= 0.6 is 12.6 Å². The molecule has 2 amide bonds. The molecule has 0 aliphatic heterocycles. The van der Waals surface area contributed by atoms with Gasteiger partial charge >= 0.3 is 0 Å². The average Bonchev–Trinajstić information content (AvgIpc) is 2.28. The summed E-state index contributed by atoms with van der Waals surface area (Å²) in [5, 5.41) is 5.26. The van der Waals surface area contributed by atoms with E-state index in [0.717, 1.165) is 5.56 Å². The molecule has 0 fully saturated rings. The number of aryl methyl sites for hydroxylation is 1. The first-order valence-electron chi connectivity index (χ1n) is 5.28. The second-order valence-electron chi connectivity index (χ2n) is 3.79. The lowest BCUT2D eigenvalue weighted by molar-refractivity contribution is -0.124. The van der Waals surface area contributed by atoms with E-state index < -0.39 is 6.04 Å². The van der Waals surface area contributed by atoms with E-state index in [9.17, 15) is 9.59 Å². The van der Waals surface area contributed by atoms with Gasteiger partial charge in [-0.15, -0.1) is 0 Å². The Morgan fingerprint density at radius 2 is 1.88 bits per heavy atom. The number of amides is 2. The van der Waals surface area contributed by atoms with Crippen LogP contribution in [0.4, 0.5) is 5.69 Å². The van der Waals surface area contributed by atoms with Crippen LogP contribution in [0.5, 0.6) is 0 Å². The third-order valence-corrected chi connectivity index (χ3v) is 2.56. The Labute approximate surface area is 106 Å². The van der Waals surface area contributed by atoms with Crippen LogP contribution in [-0.4, -0.2) is 23.6 Å². The monoisotopic (exact) mass is 252 g/mol. The third kappa shape index (κ3) is 4.48. The summed E-state index contributed by atoms with van der Waals surface area (Å²) in [5.74, 6) is -0.251. The molecule has 1 unspecified atom stereocenters. The fourth-order valence-electron chi connectivity index (χ4n) is 1.31. The third-order valence-electron chi connectivity index (χ3n) is 2.20. The highest BCUT2D eigenvalue weighted by atomic mass is 32.1. The summed E-state index contributed by atoms with van der Waals surface area (Å²) in [6.07, 6.45) is 0. The minimum Gasteiger partial charge on any atom is -0.344 e. The van der Waals surface area contributed by atoms with Crippen molar-refractivity contribution in [2.24, 2.45) is 0 Å². The van der Waals surface area contributed by atoms with Crippen LogP contribution in [0.25, 0.3) is 0 Å². The van der Waals surface area contributed by atoms with Gasteiger partial charge in [0.15, 0.2) is 0 Å². The van der Waals surface area contributed by atoms with Gasteiger partial charge in [0.25, 0.3) is 0 Å². The first kappa shape index (κ1) is 13.6. The Hall–Kier alpha value is -1.49. The summed E-state index contributed by atoms with van der Waals surface area (Å²) >= 11 is 4.04. The van der Waals surface area contributed by atoms with Crippen molar-refractivity contribution in [2.45, 2.75) is 19.9 Å². The van der Waals surface area contributed by atoms with Crippen LogP contribution < -0.4 is 10.6 Å². The summed E-state index contributed by atoms with van der Waals surface area (Å²) in [6.45, 7) is 3.34. The molecule has 4 nitrogen and oxygen atoms in total. The molecule has 1 atom stereocenters. The van der Waals surface area contributed by atoms with Gasteiger partial charge < -0.3 is 10.6 Å². The Morgan fingerprint density at radius 3 is 2.35 bits per heavy atom. The largest absolute Gasteiger partial charge is 0.344 e. The van der Waals surface area contributed by atoms with E-state index in [0.29, 0.717) is 5.69 Å². The van der Waals surface area contributed by atoms with Gasteiger partial charge in [-0.05, 0) is 19.1 Å². The molecule has 1 aromatic carbocycles. The number of thiol groups is 1. The van der Waals surface area contributed by atoms with E-state index in [1.165, 1.54) is 6.92 Å². The van der Waals surface area contributed by atoms with Gasteiger partial charge in [0.2, 0.25) is 11.8 Å². The van der Waals surface area contributed by atoms with E-state index >= 15 is 0 Å². The van der Waals surface area contributed by atoms with E-state index in [-0.39, 0.29) is 17.6 Å². The smallest absolute Gasteiger partial charge is 0.247 e. The Balaban J connectivity index is 2.63. The van der Waals surface area contributed by atoms with E-state index in [4.69, 9.17) is 0 Å². The predicted octanol–water partition coefficient (Wildman–Crippen LogP) is 1.37. The molecule has 0 saturated carbocycles. The molecular weight excluding hydrogens is 236 g/mol. The predicted molar refractivity (Wildman–Crippen MR) is 71.3 cm³/mol. The molecule has 0 heterocycles. The molecule has 0 saturated heterocycles. The summed E-state index contributed by atoms with van der Waals surface area (Å²) in [4.78, 5) is 22.7. The molecule has 0 aliphatic rings. The lowest BCUT2D eigenvalue weighted by atomic mass is 10.2. The number of benzene rings is 1. The average molecular weight is 252 g/mol. The van der Waals surface area contributed by atoms with Gasteiger partial charge in [-0.3, -0.25) is 9.59 Å². The fourth-order valence-corrected chi connectivity index (χ4v) is 1.56. The molecule has 5 heteroatoms. The van der Waals surface area contributed by atoms with E-state index in [1.54, 1.807) is 0 Å². The van der Waals surface area contributed by atoms with Crippen LogP contribution in [0, 0.1) is 6.92 Å². The standard InChI is InChI=1S/C12H16N2O2S/c1-8-3-5-10(6-4-8)14-12(16)11(7-17)13-9(2)15/h3-6,11,17H,7H2,1-2H3,(H,13,15)(H,14,16). The number of hydrogen-bond donors (Lipinski definition) is 3. The molecule has 1 rings (SSSR count). The highest BCUT2D eigenvalue weighted by Gasteiger charge is 2.17. The van der Waals surface area contributed by atoms with E-state index in [1.807, 2.05) is 31.2 Å². The Bertz CT molecular complexity index is 403. The van der Waals surface area contributed by atoms with Crippen LogP contribution in [-0.2, 0) is 9.59 Å². The van der Waals surface area contributed by atoms with Gasteiger partial charge in [0, 0.05) is 18.4 Å². The van der Waals surface area contributed by atoms with Gasteiger partial charge in [-0.2, -0.15) is 12.6 Å². The number of carbonyl (C=O) groups is 2. The maximum Gasteiger partial charge on any atom is 0.247 e. The zero-order valence-electron chi connectivity index (χ0n) is 9.86. The molecule has 2 N–H and O–H groups in total. The second-order valence-corrected chi connectivity index (χ2v) is 4.16. The molecule has 0 aromatic heterocycles. The number of nitrogens with one attached hydrogen (secondary N) is 2. The number of hydrogen-bond acceptors (Lipinski definition) is 3. The first-order valence-corrected chi connectivity index (χ1v) is 5.91. The molecule has 0 bridgehead atoms. The van der Waals surface area contributed by atoms with Crippen LogP contribution in [0.3, 0.4) is 0 Å². The molecule has 1 aromatic rings. The van der Waals surface area contributed by atoms with Crippen LogP contribution in [0.1, 0.15) is 12.5 Å². The van der Waals surface area contributed by atoms with Crippen LogP contribution in [0.15, 0.2) is 24.3 Å². The van der Waals surface area contributed by atoms with Crippen molar-refractivity contribution in [3.05, 3.63) is 29.8 Å². The number of anilines is 1. The quantitative estimate of drug-likeness (QED) is 0.709. The van der Waals surface area contributed by atoms with Crippen LogP contribution in [0.2, 0.25) is 0 Å². The summed E-state index contributed by atoms with van der Waals surface area (Å²) < 4.78 is 0. The van der Waals surface area contributed by atoms with Gasteiger partial charge in [0.05, 0.1) is 0 Å². The molecule has 0 aliphatic carbocycles.